The molecule has 0 aliphatic rings. The molecule has 1 heterocycles. The van der Waals surface area contributed by atoms with Crippen molar-refractivity contribution < 1.29 is 8.42 Å². The topological polar surface area (TPSA) is 56.1 Å². The first-order chi connectivity index (χ1) is 8.37. The third kappa shape index (κ3) is 3.00. The molecule has 96 valence electrons. The Morgan fingerprint density at radius 3 is 2.67 bits per heavy atom. The van der Waals surface area contributed by atoms with Crippen molar-refractivity contribution in [3.8, 4) is 0 Å². The zero-order valence-electron chi connectivity index (χ0n) is 9.76. The second kappa shape index (κ2) is 4.85. The van der Waals surface area contributed by atoms with Gasteiger partial charge in [0.1, 0.15) is 9.84 Å². The molecule has 0 radical (unpaired) electrons. The Kier molecular flexibility index (Phi) is 3.59. The van der Waals surface area contributed by atoms with Crippen LogP contribution in [0.2, 0.25) is 0 Å². The molecule has 0 aliphatic heterocycles. The number of rotatable bonds is 3. The summed E-state index contributed by atoms with van der Waals surface area (Å²) >= 11 is 3.34. The Morgan fingerprint density at radius 2 is 2.00 bits per heavy atom. The summed E-state index contributed by atoms with van der Waals surface area (Å²) in [5.41, 5.74) is -0.163. The number of nitrogens with zero attached hydrogens (tertiary/aromatic N) is 1. The van der Waals surface area contributed by atoms with E-state index in [1.165, 1.54) is 4.57 Å². The molecule has 0 saturated heterocycles. The zero-order chi connectivity index (χ0) is 13.3. The highest BCUT2D eigenvalue weighted by Crippen LogP contribution is 2.16. The summed E-state index contributed by atoms with van der Waals surface area (Å²) in [5, 5.41) is 1.43. The smallest absolute Gasteiger partial charge is 0.258 e. The van der Waals surface area contributed by atoms with E-state index in [0.29, 0.717) is 5.39 Å². The highest BCUT2D eigenvalue weighted by atomic mass is 79.9. The van der Waals surface area contributed by atoms with Crippen LogP contribution in [0, 0.1) is 0 Å². The number of hydrogen-bond acceptors (Lipinski definition) is 3. The fraction of sp³-hybridized carbons (Fsp3) is 0.250. The van der Waals surface area contributed by atoms with Crippen LogP contribution in [0.15, 0.2) is 39.7 Å². The maximum absolute atomic E-state index is 12.1. The van der Waals surface area contributed by atoms with Gasteiger partial charge < -0.3 is 4.57 Å². The first-order valence-electron chi connectivity index (χ1n) is 5.33. The van der Waals surface area contributed by atoms with Gasteiger partial charge >= 0.3 is 0 Å². The van der Waals surface area contributed by atoms with Crippen LogP contribution >= 0.6 is 15.9 Å². The lowest BCUT2D eigenvalue weighted by Crippen LogP contribution is -2.23. The van der Waals surface area contributed by atoms with E-state index in [1.807, 2.05) is 12.1 Å². The van der Waals surface area contributed by atoms with Crippen molar-refractivity contribution in [2.45, 2.75) is 6.54 Å². The molecule has 0 saturated carbocycles. The number of halogens is 1. The second-order valence-electron chi connectivity index (χ2n) is 4.18. The van der Waals surface area contributed by atoms with E-state index in [-0.39, 0.29) is 17.9 Å². The van der Waals surface area contributed by atoms with Crippen LogP contribution in [0.5, 0.6) is 0 Å². The van der Waals surface area contributed by atoms with Gasteiger partial charge in [-0.3, -0.25) is 4.79 Å². The Morgan fingerprint density at radius 1 is 1.28 bits per heavy atom. The average molecular weight is 330 g/mol. The summed E-state index contributed by atoms with van der Waals surface area (Å²) in [7, 11) is -3.07. The van der Waals surface area contributed by atoms with Gasteiger partial charge in [0.25, 0.3) is 5.56 Å². The van der Waals surface area contributed by atoms with Crippen LogP contribution in [0.25, 0.3) is 10.8 Å². The maximum atomic E-state index is 12.1. The minimum Gasteiger partial charge on any atom is -0.314 e. The standard InChI is InChI=1S/C12H12BrNO3S/c1-18(16,17)7-6-14-5-4-9-8-10(13)2-3-11(9)12(14)15/h2-5,8H,6-7H2,1H3. The molecule has 1 aromatic carbocycles. The fourth-order valence-electron chi connectivity index (χ4n) is 1.70. The van der Waals surface area contributed by atoms with Crippen LogP contribution in [0.4, 0.5) is 0 Å². The van der Waals surface area contributed by atoms with Gasteiger partial charge in [0.2, 0.25) is 0 Å². The minimum atomic E-state index is -3.07. The summed E-state index contributed by atoms with van der Waals surface area (Å²) < 4.78 is 24.5. The van der Waals surface area contributed by atoms with Gasteiger partial charge in [0, 0.05) is 28.9 Å². The fourth-order valence-corrected chi connectivity index (χ4v) is 2.61. The number of sulfone groups is 1. The largest absolute Gasteiger partial charge is 0.314 e. The maximum Gasteiger partial charge on any atom is 0.258 e. The third-order valence-electron chi connectivity index (χ3n) is 2.64. The summed E-state index contributed by atoms with van der Waals surface area (Å²) in [6.45, 7) is 0.184. The molecule has 0 fully saturated rings. The number of benzene rings is 1. The van der Waals surface area contributed by atoms with Crippen molar-refractivity contribution in [2.24, 2.45) is 0 Å². The van der Waals surface area contributed by atoms with Crippen LogP contribution in [-0.4, -0.2) is 25.0 Å². The van der Waals surface area contributed by atoms with E-state index < -0.39 is 9.84 Å². The van der Waals surface area contributed by atoms with Gasteiger partial charge in [-0.25, -0.2) is 8.42 Å². The lowest BCUT2D eigenvalue weighted by molar-refractivity contribution is 0.593. The van der Waals surface area contributed by atoms with E-state index in [2.05, 4.69) is 15.9 Å². The Balaban J connectivity index is 2.46. The number of aromatic nitrogens is 1. The van der Waals surface area contributed by atoms with E-state index in [4.69, 9.17) is 0 Å². The molecule has 0 spiro atoms. The molecule has 18 heavy (non-hydrogen) atoms. The quantitative estimate of drug-likeness (QED) is 0.862. The van der Waals surface area contributed by atoms with Crippen molar-refractivity contribution in [3.63, 3.8) is 0 Å². The number of pyridine rings is 1. The molecule has 6 heteroatoms. The van der Waals surface area contributed by atoms with E-state index in [9.17, 15) is 13.2 Å². The molecule has 4 nitrogen and oxygen atoms in total. The number of fused-ring (bicyclic) bond motifs is 1. The average Bonchev–Trinajstić information content (AvgIpc) is 2.26. The normalized spacial score (nSPS) is 11.9. The monoisotopic (exact) mass is 329 g/mol. The Hall–Kier alpha value is -1.14. The van der Waals surface area contributed by atoms with Crippen LogP contribution in [-0.2, 0) is 16.4 Å². The molecule has 0 amide bonds. The Bertz CT molecular complexity index is 749. The van der Waals surface area contributed by atoms with Gasteiger partial charge in [0.15, 0.2) is 0 Å². The van der Waals surface area contributed by atoms with Crippen LogP contribution in [0.3, 0.4) is 0 Å². The highest BCUT2D eigenvalue weighted by molar-refractivity contribution is 9.10. The SMILES string of the molecule is CS(=O)(=O)CCn1ccc2cc(Br)ccc2c1=O. The summed E-state index contributed by atoms with van der Waals surface area (Å²) in [5.74, 6) is -0.0328. The molecule has 0 aliphatic carbocycles. The van der Waals surface area contributed by atoms with E-state index >= 15 is 0 Å². The number of hydrogen-bond donors (Lipinski definition) is 0. The molecular formula is C12H12BrNO3S. The lowest BCUT2D eigenvalue weighted by atomic mass is 10.2. The van der Waals surface area contributed by atoms with E-state index in [0.717, 1.165) is 16.1 Å². The summed E-state index contributed by atoms with van der Waals surface area (Å²) in [6.07, 6.45) is 2.79. The van der Waals surface area contributed by atoms with Crippen molar-refractivity contribution in [1.29, 1.82) is 0 Å². The molecule has 2 rings (SSSR count). The van der Waals surface area contributed by atoms with Crippen LogP contribution < -0.4 is 5.56 Å². The summed E-state index contributed by atoms with van der Waals surface area (Å²) in [4.78, 5) is 12.1. The van der Waals surface area contributed by atoms with Crippen molar-refractivity contribution >= 4 is 36.5 Å². The molecule has 0 bridgehead atoms. The zero-order valence-corrected chi connectivity index (χ0v) is 12.2. The predicted molar refractivity (Wildman–Crippen MR) is 75.6 cm³/mol. The van der Waals surface area contributed by atoms with E-state index in [1.54, 1.807) is 18.3 Å². The summed E-state index contributed by atoms with van der Waals surface area (Å²) in [6, 6.07) is 7.20. The highest BCUT2D eigenvalue weighted by Gasteiger charge is 2.06. The second-order valence-corrected chi connectivity index (χ2v) is 7.35. The number of aryl methyl sites for hydroxylation is 1. The predicted octanol–water partition coefficient (Wildman–Crippen LogP) is 1.81. The first kappa shape index (κ1) is 13.3. The molecule has 2 aromatic rings. The molecule has 0 atom stereocenters. The van der Waals surface area contributed by atoms with Gasteiger partial charge in [0.05, 0.1) is 5.75 Å². The minimum absolute atomic E-state index is 0.0328. The van der Waals surface area contributed by atoms with Crippen LogP contribution in [0.1, 0.15) is 0 Å². The van der Waals surface area contributed by atoms with Gasteiger partial charge in [-0.15, -0.1) is 0 Å². The lowest BCUT2D eigenvalue weighted by Gasteiger charge is -2.06. The molecule has 0 N–H and O–H groups in total. The van der Waals surface area contributed by atoms with Crippen molar-refractivity contribution in [2.75, 3.05) is 12.0 Å². The first-order valence-corrected chi connectivity index (χ1v) is 8.18. The molecule has 1 aromatic heterocycles. The van der Waals surface area contributed by atoms with Crippen molar-refractivity contribution in [1.82, 2.24) is 4.57 Å². The Labute approximate surface area is 113 Å². The van der Waals surface area contributed by atoms with Gasteiger partial charge in [-0.1, -0.05) is 15.9 Å². The van der Waals surface area contributed by atoms with Gasteiger partial charge in [-0.05, 0) is 29.7 Å². The van der Waals surface area contributed by atoms with Crippen molar-refractivity contribution in [3.05, 3.63) is 45.3 Å². The molecular weight excluding hydrogens is 318 g/mol. The third-order valence-corrected chi connectivity index (χ3v) is 4.06. The molecule has 0 unspecified atom stereocenters. The van der Waals surface area contributed by atoms with Gasteiger partial charge in [-0.2, -0.15) is 0 Å².